The SMILES string of the molecule is CCCC(CNC(=O)Cc1cc2c(ccc3ccccc32)o1)C(=O)O. The van der Waals surface area contributed by atoms with E-state index in [1.165, 1.54) is 0 Å². The minimum absolute atomic E-state index is 0.0987. The van der Waals surface area contributed by atoms with E-state index in [0.29, 0.717) is 12.2 Å². The van der Waals surface area contributed by atoms with Crippen molar-refractivity contribution in [3.63, 3.8) is 0 Å². The fourth-order valence-corrected chi connectivity index (χ4v) is 3.05. The van der Waals surface area contributed by atoms with Crippen LogP contribution in [0.5, 0.6) is 0 Å². The van der Waals surface area contributed by atoms with Crippen molar-refractivity contribution >= 4 is 33.6 Å². The van der Waals surface area contributed by atoms with E-state index in [2.05, 4.69) is 5.32 Å². The summed E-state index contributed by atoms with van der Waals surface area (Å²) in [6, 6.07) is 13.8. The number of carbonyl (C=O) groups excluding carboxylic acids is 1. The fraction of sp³-hybridized carbons (Fsp3) is 0.300. The van der Waals surface area contributed by atoms with E-state index in [0.717, 1.165) is 28.2 Å². The molecule has 130 valence electrons. The second kappa shape index (κ2) is 7.38. The van der Waals surface area contributed by atoms with Gasteiger partial charge in [-0.1, -0.05) is 43.7 Å². The van der Waals surface area contributed by atoms with Gasteiger partial charge in [0.1, 0.15) is 11.3 Å². The van der Waals surface area contributed by atoms with Crippen LogP contribution in [0.4, 0.5) is 0 Å². The molecule has 1 aromatic heterocycles. The number of carboxylic acids is 1. The first-order valence-electron chi connectivity index (χ1n) is 8.48. The summed E-state index contributed by atoms with van der Waals surface area (Å²) in [7, 11) is 0. The smallest absolute Gasteiger partial charge is 0.308 e. The van der Waals surface area contributed by atoms with Crippen LogP contribution >= 0.6 is 0 Å². The van der Waals surface area contributed by atoms with E-state index in [-0.39, 0.29) is 18.9 Å². The summed E-state index contributed by atoms with van der Waals surface area (Å²) in [6.07, 6.45) is 1.41. The van der Waals surface area contributed by atoms with Gasteiger partial charge in [0.05, 0.1) is 12.3 Å². The summed E-state index contributed by atoms with van der Waals surface area (Å²) in [4.78, 5) is 23.3. The molecule has 2 N–H and O–H groups in total. The standard InChI is InChI=1S/C20H21NO4/c1-2-5-14(20(23)24)12-21-19(22)11-15-10-17-16-7-4-3-6-13(16)8-9-18(17)25-15/h3-4,6-10,14H,2,5,11-12H2,1H3,(H,21,22)(H,23,24). The van der Waals surface area contributed by atoms with E-state index in [4.69, 9.17) is 9.52 Å². The first-order chi connectivity index (χ1) is 12.1. The minimum atomic E-state index is -0.877. The Morgan fingerprint density at radius 1 is 1.16 bits per heavy atom. The van der Waals surface area contributed by atoms with Crippen molar-refractivity contribution in [3.05, 3.63) is 48.2 Å². The number of amides is 1. The van der Waals surface area contributed by atoms with Gasteiger partial charge in [-0.2, -0.15) is 0 Å². The number of hydrogen-bond acceptors (Lipinski definition) is 3. The molecule has 0 aliphatic carbocycles. The number of rotatable bonds is 7. The molecule has 0 bridgehead atoms. The number of furan rings is 1. The lowest BCUT2D eigenvalue weighted by molar-refractivity contribution is -0.141. The molecule has 3 aromatic rings. The van der Waals surface area contributed by atoms with Crippen molar-refractivity contribution in [1.29, 1.82) is 0 Å². The molecule has 5 heteroatoms. The molecule has 1 unspecified atom stereocenters. The third kappa shape index (κ3) is 3.82. The predicted molar refractivity (Wildman–Crippen MR) is 96.5 cm³/mol. The van der Waals surface area contributed by atoms with E-state index >= 15 is 0 Å². The van der Waals surface area contributed by atoms with Gasteiger partial charge in [0.25, 0.3) is 0 Å². The van der Waals surface area contributed by atoms with Crippen LogP contribution in [0, 0.1) is 5.92 Å². The zero-order valence-corrected chi connectivity index (χ0v) is 14.1. The Kier molecular flexibility index (Phi) is 5.03. The number of hydrogen-bond donors (Lipinski definition) is 2. The highest BCUT2D eigenvalue weighted by molar-refractivity contribution is 6.06. The van der Waals surface area contributed by atoms with Gasteiger partial charge >= 0.3 is 5.97 Å². The monoisotopic (exact) mass is 339 g/mol. The van der Waals surface area contributed by atoms with E-state index < -0.39 is 11.9 Å². The average Bonchev–Trinajstić information content (AvgIpc) is 3.01. The molecule has 0 spiro atoms. The van der Waals surface area contributed by atoms with Gasteiger partial charge in [0.15, 0.2) is 0 Å². The Labute approximate surface area is 145 Å². The maximum Gasteiger partial charge on any atom is 0.308 e. The Morgan fingerprint density at radius 2 is 1.96 bits per heavy atom. The van der Waals surface area contributed by atoms with Crippen molar-refractivity contribution in [2.24, 2.45) is 5.92 Å². The third-order valence-electron chi connectivity index (χ3n) is 4.34. The zero-order valence-electron chi connectivity index (χ0n) is 14.1. The molecule has 5 nitrogen and oxygen atoms in total. The lowest BCUT2D eigenvalue weighted by Crippen LogP contribution is -2.33. The van der Waals surface area contributed by atoms with E-state index in [9.17, 15) is 9.59 Å². The van der Waals surface area contributed by atoms with Crippen LogP contribution in [0.2, 0.25) is 0 Å². The molecule has 0 aliphatic heterocycles. The van der Waals surface area contributed by atoms with Gasteiger partial charge in [-0.15, -0.1) is 0 Å². The fourth-order valence-electron chi connectivity index (χ4n) is 3.05. The van der Waals surface area contributed by atoms with Gasteiger partial charge in [0.2, 0.25) is 5.91 Å². The minimum Gasteiger partial charge on any atom is -0.481 e. The summed E-state index contributed by atoms with van der Waals surface area (Å²) in [6.45, 7) is 2.07. The van der Waals surface area contributed by atoms with Gasteiger partial charge in [-0.05, 0) is 29.3 Å². The second-order valence-corrected chi connectivity index (χ2v) is 6.22. The largest absolute Gasteiger partial charge is 0.481 e. The topological polar surface area (TPSA) is 79.5 Å². The number of fused-ring (bicyclic) bond motifs is 3. The highest BCUT2D eigenvalue weighted by Crippen LogP contribution is 2.28. The summed E-state index contributed by atoms with van der Waals surface area (Å²) in [5, 5.41) is 15.0. The zero-order chi connectivity index (χ0) is 17.8. The molecular formula is C20H21NO4. The molecule has 1 heterocycles. The molecular weight excluding hydrogens is 318 g/mol. The highest BCUT2D eigenvalue weighted by atomic mass is 16.4. The molecule has 0 saturated heterocycles. The number of benzene rings is 2. The summed E-state index contributed by atoms with van der Waals surface area (Å²) in [5.74, 6) is -1.08. The van der Waals surface area contributed by atoms with Crippen molar-refractivity contribution in [3.8, 4) is 0 Å². The first kappa shape index (κ1) is 17.0. The van der Waals surface area contributed by atoms with Crippen LogP contribution in [0.3, 0.4) is 0 Å². The average molecular weight is 339 g/mol. The van der Waals surface area contributed by atoms with Crippen molar-refractivity contribution in [2.45, 2.75) is 26.2 Å². The van der Waals surface area contributed by atoms with Crippen LogP contribution in [0.25, 0.3) is 21.7 Å². The van der Waals surface area contributed by atoms with Crippen LogP contribution in [-0.2, 0) is 16.0 Å². The van der Waals surface area contributed by atoms with E-state index in [1.54, 1.807) is 0 Å². The maximum atomic E-state index is 12.1. The van der Waals surface area contributed by atoms with Gasteiger partial charge in [0, 0.05) is 11.9 Å². The summed E-state index contributed by atoms with van der Waals surface area (Å²) < 4.78 is 5.77. The second-order valence-electron chi connectivity index (χ2n) is 6.22. The molecule has 0 aliphatic rings. The lowest BCUT2D eigenvalue weighted by atomic mass is 10.0. The third-order valence-corrected chi connectivity index (χ3v) is 4.34. The predicted octanol–water partition coefficient (Wildman–Crippen LogP) is 3.75. The Balaban J connectivity index is 1.71. The maximum absolute atomic E-state index is 12.1. The number of carbonyl (C=O) groups is 2. The van der Waals surface area contributed by atoms with Crippen LogP contribution in [0.1, 0.15) is 25.5 Å². The molecule has 0 fully saturated rings. The van der Waals surface area contributed by atoms with Crippen molar-refractivity contribution in [1.82, 2.24) is 5.32 Å². The quantitative estimate of drug-likeness (QED) is 0.687. The summed E-state index contributed by atoms with van der Waals surface area (Å²) >= 11 is 0. The lowest BCUT2D eigenvalue weighted by Gasteiger charge is -2.11. The number of carboxylic acid groups (broad SMARTS) is 1. The molecule has 1 atom stereocenters. The summed E-state index contributed by atoms with van der Waals surface area (Å²) in [5.41, 5.74) is 0.746. The van der Waals surface area contributed by atoms with Gasteiger partial charge in [-0.3, -0.25) is 9.59 Å². The van der Waals surface area contributed by atoms with Crippen molar-refractivity contribution < 1.29 is 19.1 Å². The number of aliphatic carboxylic acids is 1. The highest BCUT2D eigenvalue weighted by Gasteiger charge is 2.18. The van der Waals surface area contributed by atoms with Crippen molar-refractivity contribution in [2.75, 3.05) is 6.54 Å². The molecule has 2 aromatic carbocycles. The molecule has 1 amide bonds. The number of nitrogens with one attached hydrogen (secondary N) is 1. The molecule has 0 radical (unpaired) electrons. The Morgan fingerprint density at radius 3 is 2.72 bits per heavy atom. The van der Waals surface area contributed by atoms with Crippen LogP contribution in [-0.4, -0.2) is 23.5 Å². The molecule has 0 saturated carbocycles. The molecule has 25 heavy (non-hydrogen) atoms. The Bertz CT molecular complexity index is 912. The Hall–Kier alpha value is -2.82. The van der Waals surface area contributed by atoms with Gasteiger partial charge in [-0.25, -0.2) is 0 Å². The van der Waals surface area contributed by atoms with Crippen LogP contribution in [0.15, 0.2) is 46.9 Å². The van der Waals surface area contributed by atoms with Gasteiger partial charge < -0.3 is 14.8 Å². The molecule has 3 rings (SSSR count). The normalized spacial score (nSPS) is 12.4. The van der Waals surface area contributed by atoms with E-state index in [1.807, 2.05) is 49.4 Å². The van der Waals surface area contributed by atoms with Crippen LogP contribution < -0.4 is 5.32 Å². The first-order valence-corrected chi connectivity index (χ1v) is 8.48.